The van der Waals surface area contributed by atoms with Gasteiger partial charge in [0.15, 0.2) is 0 Å². The number of hydrogen-bond acceptors (Lipinski definition) is 7. The number of carbonyl (C=O) groups excluding carboxylic acids is 1. The molecule has 0 spiro atoms. The second kappa shape index (κ2) is 5.35. The fourth-order valence-corrected chi connectivity index (χ4v) is 3.71. The Morgan fingerprint density at radius 2 is 1.82 bits per heavy atom. The Morgan fingerprint density at radius 3 is 2.50 bits per heavy atom. The third-order valence-corrected chi connectivity index (χ3v) is 4.87. The summed E-state index contributed by atoms with van der Waals surface area (Å²) >= 11 is 0.930. The van der Waals surface area contributed by atoms with Gasteiger partial charge in [0.25, 0.3) is 10.0 Å². The largest absolute Gasteiger partial charge is 0.545 e. The highest BCUT2D eigenvalue weighted by Gasteiger charge is 2.19. The molecule has 2 aromatic carbocycles. The predicted octanol–water partition coefficient (Wildman–Crippen LogP) is 0.856. The van der Waals surface area contributed by atoms with Crippen LogP contribution in [0, 0.1) is 0 Å². The van der Waals surface area contributed by atoms with Crippen molar-refractivity contribution in [1.82, 2.24) is 8.75 Å². The van der Waals surface area contributed by atoms with Gasteiger partial charge in [-0.3, -0.25) is 4.72 Å². The summed E-state index contributed by atoms with van der Waals surface area (Å²) in [4.78, 5) is 10.7. The third kappa shape index (κ3) is 2.63. The SMILES string of the molecule is O=C([O-])c1ccc(NS(=O)(=O)c2cccc3nsnc23)cc1. The highest BCUT2D eigenvalue weighted by atomic mass is 32.2. The van der Waals surface area contributed by atoms with Gasteiger partial charge in [0, 0.05) is 5.69 Å². The molecule has 0 aliphatic carbocycles. The van der Waals surface area contributed by atoms with Gasteiger partial charge in [-0.25, -0.2) is 8.42 Å². The lowest BCUT2D eigenvalue weighted by atomic mass is 10.2. The lowest BCUT2D eigenvalue weighted by Gasteiger charge is -2.09. The minimum atomic E-state index is -3.85. The molecule has 3 aromatic rings. The van der Waals surface area contributed by atoms with Crippen LogP contribution in [0.25, 0.3) is 11.0 Å². The second-order valence-electron chi connectivity index (χ2n) is 4.36. The van der Waals surface area contributed by atoms with Gasteiger partial charge in [0.05, 0.1) is 17.7 Å². The van der Waals surface area contributed by atoms with E-state index in [1.807, 2.05) is 0 Å². The molecule has 0 aliphatic heterocycles. The van der Waals surface area contributed by atoms with Crippen molar-refractivity contribution in [2.45, 2.75) is 4.90 Å². The molecule has 0 saturated heterocycles. The molecule has 1 N–H and O–H groups in total. The van der Waals surface area contributed by atoms with E-state index < -0.39 is 16.0 Å². The number of carbonyl (C=O) groups is 1. The van der Waals surface area contributed by atoms with E-state index in [-0.39, 0.29) is 16.1 Å². The molecule has 0 unspecified atom stereocenters. The molecule has 7 nitrogen and oxygen atoms in total. The van der Waals surface area contributed by atoms with Gasteiger partial charge in [0.2, 0.25) is 0 Å². The summed E-state index contributed by atoms with van der Waals surface area (Å²) in [5.74, 6) is -1.33. The smallest absolute Gasteiger partial charge is 0.264 e. The number of nitrogens with one attached hydrogen (secondary N) is 1. The van der Waals surface area contributed by atoms with Gasteiger partial charge in [-0.2, -0.15) is 8.75 Å². The number of benzene rings is 2. The zero-order valence-corrected chi connectivity index (χ0v) is 12.5. The summed E-state index contributed by atoms with van der Waals surface area (Å²) in [6, 6.07) is 9.91. The van der Waals surface area contributed by atoms with Crippen molar-refractivity contribution in [2.24, 2.45) is 0 Å². The first-order valence-electron chi connectivity index (χ1n) is 6.03. The topological polar surface area (TPSA) is 112 Å². The maximum Gasteiger partial charge on any atom is 0.264 e. The van der Waals surface area contributed by atoms with E-state index in [0.29, 0.717) is 11.0 Å². The Hall–Kier alpha value is -2.52. The molecule has 0 amide bonds. The van der Waals surface area contributed by atoms with E-state index in [0.717, 1.165) is 11.7 Å². The van der Waals surface area contributed by atoms with Crippen LogP contribution in [0.3, 0.4) is 0 Å². The van der Waals surface area contributed by atoms with Crippen molar-refractivity contribution < 1.29 is 18.3 Å². The van der Waals surface area contributed by atoms with Crippen molar-refractivity contribution in [3.05, 3.63) is 48.0 Å². The molecule has 0 aliphatic rings. The molecule has 0 atom stereocenters. The molecule has 9 heteroatoms. The fourth-order valence-electron chi connectivity index (χ4n) is 1.88. The average molecular weight is 334 g/mol. The Morgan fingerprint density at radius 1 is 1.09 bits per heavy atom. The number of aromatic carboxylic acids is 1. The van der Waals surface area contributed by atoms with Crippen LogP contribution in [0.5, 0.6) is 0 Å². The summed E-state index contributed by atoms with van der Waals surface area (Å²) in [6.45, 7) is 0. The quantitative estimate of drug-likeness (QED) is 0.757. The van der Waals surface area contributed by atoms with Crippen LogP contribution in [0.1, 0.15) is 10.4 Å². The van der Waals surface area contributed by atoms with Gasteiger partial charge in [0.1, 0.15) is 15.9 Å². The fraction of sp³-hybridized carbons (Fsp3) is 0. The molecular weight excluding hydrogens is 326 g/mol. The highest BCUT2D eigenvalue weighted by Crippen LogP contribution is 2.23. The van der Waals surface area contributed by atoms with Crippen molar-refractivity contribution >= 4 is 44.4 Å². The van der Waals surface area contributed by atoms with Gasteiger partial charge in [-0.05, 0) is 29.8 Å². The Balaban J connectivity index is 1.97. The predicted molar refractivity (Wildman–Crippen MR) is 79.0 cm³/mol. The highest BCUT2D eigenvalue weighted by molar-refractivity contribution is 7.93. The van der Waals surface area contributed by atoms with E-state index in [4.69, 9.17) is 0 Å². The number of rotatable bonds is 4. The van der Waals surface area contributed by atoms with Crippen LogP contribution in [-0.4, -0.2) is 23.1 Å². The number of nitrogens with zero attached hydrogens (tertiary/aromatic N) is 2. The Labute approximate surface area is 129 Å². The second-order valence-corrected chi connectivity index (χ2v) is 6.54. The van der Waals surface area contributed by atoms with E-state index in [9.17, 15) is 18.3 Å². The van der Waals surface area contributed by atoms with Crippen LogP contribution in [0.4, 0.5) is 5.69 Å². The van der Waals surface area contributed by atoms with Gasteiger partial charge < -0.3 is 9.90 Å². The number of carboxylic acid groups (broad SMARTS) is 1. The van der Waals surface area contributed by atoms with Crippen LogP contribution in [0.2, 0.25) is 0 Å². The van der Waals surface area contributed by atoms with Crippen molar-refractivity contribution in [3.63, 3.8) is 0 Å². The van der Waals surface area contributed by atoms with Crippen LogP contribution >= 0.6 is 11.7 Å². The van der Waals surface area contributed by atoms with E-state index >= 15 is 0 Å². The standard InChI is InChI=1S/C13H9N3O4S2/c17-13(18)8-4-6-9(7-5-8)16-22(19,20)11-3-1-2-10-12(11)15-21-14-10/h1-7,16H,(H,17,18)/p-1. The van der Waals surface area contributed by atoms with Gasteiger partial charge >= 0.3 is 0 Å². The molecular formula is C13H8N3O4S2-. The lowest BCUT2D eigenvalue weighted by molar-refractivity contribution is -0.255. The molecule has 1 aromatic heterocycles. The molecule has 0 bridgehead atoms. The minimum absolute atomic E-state index is 0.0164. The first kappa shape index (κ1) is 14.4. The van der Waals surface area contributed by atoms with Gasteiger partial charge in [-0.1, -0.05) is 18.2 Å². The molecule has 0 saturated carbocycles. The maximum atomic E-state index is 12.4. The van der Waals surface area contributed by atoms with E-state index in [2.05, 4.69) is 13.5 Å². The lowest BCUT2D eigenvalue weighted by Crippen LogP contribution is -2.22. The summed E-state index contributed by atoms with van der Waals surface area (Å²) in [5, 5.41) is 10.7. The zero-order valence-electron chi connectivity index (χ0n) is 10.9. The number of fused-ring (bicyclic) bond motifs is 1. The van der Waals surface area contributed by atoms with Crippen molar-refractivity contribution in [3.8, 4) is 0 Å². The monoisotopic (exact) mass is 334 g/mol. The number of sulfonamides is 1. The van der Waals surface area contributed by atoms with Crippen molar-refractivity contribution in [1.29, 1.82) is 0 Å². The average Bonchev–Trinajstić information content (AvgIpc) is 2.95. The molecule has 22 heavy (non-hydrogen) atoms. The number of anilines is 1. The van der Waals surface area contributed by atoms with Crippen LogP contribution < -0.4 is 9.83 Å². The number of hydrogen-bond donors (Lipinski definition) is 1. The molecule has 112 valence electrons. The van der Waals surface area contributed by atoms with Crippen LogP contribution in [-0.2, 0) is 10.0 Å². The molecule has 0 radical (unpaired) electrons. The van der Waals surface area contributed by atoms with E-state index in [1.54, 1.807) is 12.1 Å². The molecule has 1 heterocycles. The summed E-state index contributed by atoms with van der Waals surface area (Å²) < 4.78 is 35.2. The van der Waals surface area contributed by atoms with Crippen LogP contribution in [0.15, 0.2) is 47.4 Å². The van der Waals surface area contributed by atoms with Crippen molar-refractivity contribution in [2.75, 3.05) is 4.72 Å². The molecule has 0 fully saturated rings. The zero-order chi connectivity index (χ0) is 15.7. The minimum Gasteiger partial charge on any atom is -0.545 e. The Bertz CT molecular complexity index is 949. The van der Waals surface area contributed by atoms with E-state index in [1.165, 1.54) is 30.3 Å². The summed E-state index contributed by atoms with van der Waals surface area (Å²) in [6.07, 6.45) is 0. The molecule has 3 rings (SSSR count). The first-order valence-corrected chi connectivity index (χ1v) is 8.24. The normalized spacial score (nSPS) is 11.5. The summed E-state index contributed by atoms with van der Waals surface area (Å²) in [5.41, 5.74) is 1.01. The number of aromatic nitrogens is 2. The van der Waals surface area contributed by atoms with Gasteiger partial charge in [-0.15, -0.1) is 0 Å². The third-order valence-electron chi connectivity index (χ3n) is 2.91. The number of carboxylic acids is 1. The Kier molecular flexibility index (Phi) is 3.51. The first-order chi connectivity index (χ1) is 10.5. The maximum absolute atomic E-state index is 12.4. The summed E-state index contributed by atoms with van der Waals surface area (Å²) in [7, 11) is -3.85.